The van der Waals surface area contributed by atoms with Crippen LogP contribution in [0.1, 0.15) is 32.6 Å². The van der Waals surface area contributed by atoms with Crippen molar-refractivity contribution in [3.8, 4) is 11.5 Å². The third kappa shape index (κ3) is 4.19. The molecule has 0 aliphatic carbocycles. The quantitative estimate of drug-likeness (QED) is 0.741. The van der Waals surface area contributed by atoms with Gasteiger partial charge in [-0.25, -0.2) is 0 Å². The Balaban J connectivity index is 2.05. The van der Waals surface area contributed by atoms with Gasteiger partial charge in [0.05, 0.1) is 25.8 Å². The first kappa shape index (κ1) is 18.1. The number of ether oxygens (including phenoxy) is 2. The van der Waals surface area contributed by atoms with Gasteiger partial charge in [0.25, 0.3) is 0 Å². The van der Waals surface area contributed by atoms with Crippen molar-refractivity contribution >= 4 is 17.5 Å². The lowest BCUT2D eigenvalue weighted by atomic mass is 10.1. The number of rotatable bonds is 8. The predicted octanol–water partition coefficient (Wildman–Crippen LogP) is 2.36. The number of amides is 2. The maximum Gasteiger partial charge on any atom is 0.227 e. The van der Waals surface area contributed by atoms with E-state index in [2.05, 4.69) is 12.2 Å². The summed E-state index contributed by atoms with van der Waals surface area (Å²) < 4.78 is 10.6. The highest BCUT2D eigenvalue weighted by Crippen LogP contribution is 2.36. The highest BCUT2D eigenvalue weighted by Gasteiger charge is 2.36. The first-order chi connectivity index (χ1) is 11.6. The molecule has 132 valence electrons. The lowest BCUT2D eigenvalue weighted by Gasteiger charge is -2.20. The fourth-order valence-corrected chi connectivity index (χ4v) is 2.85. The monoisotopic (exact) mass is 334 g/mol. The van der Waals surface area contributed by atoms with Crippen molar-refractivity contribution in [2.24, 2.45) is 5.92 Å². The summed E-state index contributed by atoms with van der Waals surface area (Å²) in [4.78, 5) is 26.3. The molecule has 1 fully saturated rings. The molecule has 0 spiro atoms. The van der Waals surface area contributed by atoms with Crippen LogP contribution in [-0.2, 0) is 9.59 Å². The highest BCUT2D eigenvalue weighted by atomic mass is 16.5. The van der Waals surface area contributed by atoms with Gasteiger partial charge >= 0.3 is 0 Å². The standard InChI is InChI=1S/C18H26N2O4/c1-4-5-6-9-19-18(22)13-10-17(21)20(12-13)15-11-14(23-2)7-8-16(15)24-3/h7-8,11,13H,4-6,9-10,12H2,1-3H3,(H,19,22). The van der Waals surface area contributed by atoms with Crippen molar-refractivity contribution < 1.29 is 19.1 Å². The zero-order valence-electron chi connectivity index (χ0n) is 14.6. The molecule has 1 heterocycles. The molecule has 0 saturated carbocycles. The number of anilines is 1. The van der Waals surface area contributed by atoms with E-state index in [0.717, 1.165) is 19.3 Å². The minimum atomic E-state index is -0.324. The van der Waals surface area contributed by atoms with Crippen LogP contribution in [0.25, 0.3) is 0 Å². The predicted molar refractivity (Wildman–Crippen MR) is 92.5 cm³/mol. The Labute approximate surface area is 143 Å². The highest BCUT2D eigenvalue weighted by molar-refractivity contribution is 6.01. The van der Waals surface area contributed by atoms with E-state index in [1.807, 2.05) is 0 Å². The van der Waals surface area contributed by atoms with Gasteiger partial charge in [0, 0.05) is 25.6 Å². The van der Waals surface area contributed by atoms with E-state index < -0.39 is 0 Å². The van der Waals surface area contributed by atoms with Crippen LogP contribution < -0.4 is 19.7 Å². The number of nitrogens with zero attached hydrogens (tertiary/aromatic N) is 1. The van der Waals surface area contributed by atoms with Crippen molar-refractivity contribution in [3.63, 3.8) is 0 Å². The van der Waals surface area contributed by atoms with Crippen LogP contribution in [0.15, 0.2) is 18.2 Å². The van der Waals surface area contributed by atoms with Crippen LogP contribution in [0.4, 0.5) is 5.69 Å². The molecule has 6 nitrogen and oxygen atoms in total. The molecule has 2 amide bonds. The van der Waals surface area contributed by atoms with Crippen LogP contribution >= 0.6 is 0 Å². The van der Waals surface area contributed by atoms with E-state index >= 15 is 0 Å². The summed E-state index contributed by atoms with van der Waals surface area (Å²) in [6.45, 7) is 3.15. The van der Waals surface area contributed by atoms with Gasteiger partial charge in [0.2, 0.25) is 11.8 Å². The smallest absolute Gasteiger partial charge is 0.227 e. The fraction of sp³-hybridized carbons (Fsp3) is 0.556. The molecule has 1 aromatic rings. The second-order valence-electron chi connectivity index (χ2n) is 5.94. The Morgan fingerprint density at radius 3 is 2.75 bits per heavy atom. The third-order valence-electron chi connectivity index (χ3n) is 4.25. The maximum atomic E-state index is 12.4. The normalized spacial score (nSPS) is 17.0. The summed E-state index contributed by atoms with van der Waals surface area (Å²) in [6.07, 6.45) is 3.40. The van der Waals surface area contributed by atoms with E-state index in [-0.39, 0.29) is 24.2 Å². The number of methoxy groups -OCH3 is 2. The van der Waals surface area contributed by atoms with Gasteiger partial charge in [0.15, 0.2) is 0 Å². The number of unbranched alkanes of at least 4 members (excludes halogenated alkanes) is 2. The summed E-state index contributed by atoms with van der Waals surface area (Å²) in [7, 11) is 3.13. The third-order valence-corrected chi connectivity index (χ3v) is 4.25. The summed E-state index contributed by atoms with van der Waals surface area (Å²) in [6, 6.07) is 5.30. The van der Waals surface area contributed by atoms with E-state index in [1.54, 1.807) is 37.3 Å². The summed E-state index contributed by atoms with van der Waals surface area (Å²) >= 11 is 0. The summed E-state index contributed by atoms with van der Waals surface area (Å²) in [5.74, 6) is 0.785. The topological polar surface area (TPSA) is 67.9 Å². The maximum absolute atomic E-state index is 12.4. The van der Waals surface area contributed by atoms with E-state index in [0.29, 0.717) is 30.3 Å². The number of carbonyl (C=O) groups excluding carboxylic acids is 2. The molecule has 0 bridgehead atoms. The van der Waals surface area contributed by atoms with Crippen molar-refractivity contribution in [1.82, 2.24) is 5.32 Å². The van der Waals surface area contributed by atoms with Crippen molar-refractivity contribution in [2.75, 3.05) is 32.2 Å². The van der Waals surface area contributed by atoms with Gasteiger partial charge in [-0.05, 0) is 18.6 Å². The number of benzene rings is 1. The Kier molecular flexibility index (Phi) is 6.46. The SMILES string of the molecule is CCCCCNC(=O)C1CC(=O)N(c2cc(OC)ccc2OC)C1. The van der Waals surface area contributed by atoms with Gasteiger partial charge < -0.3 is 19.7 Å². The largest absolute Gasteiger partial charge is 0.497 e. The molecular formula is C18H26N2O4. The fourth-order valence-electron chi connectivity index (χ4n) is 2.85. The molecule has 1 aromatic carbocycles. The molecule has 1 N–H and O–H groups in total. The minimum absolute atomic E-state index is 0.0520. The average Bonchev–Trinajstić information content (AvgIpc) is 2.99. The minimum Gasteiger partial charge on any atom is -0.497 e. The van der Waals surface area contributed by atoms with Gasteiger partial charge in [-0.2, -0.15) is 0 Å². The van der Waals surface area contributed by atoms with Gasteiger partial charge in [-0.15, -0.1) is 0 Å². The number of hydrogen-bond donors (Lipinski definition) is 1. The zero-order chi connectivity index (χ0) is 17.5. The van der Waals surface area contributed by atoms with Gasteiger partial charge in [-0.1, -0.05) is 19.8 Å². The number of nitrogens with one attached hydrogen (secondary N) is 1. The molecule has 1 atom stereocenters. The number of hydrogen-bond acceptors (Lipinski definition) is 4. The van der Waals surface area contributed by atoms with Crippen molar-refractivity contribution in [1.29, 1.82) is 0 Å². The Bertz CT molecular complexity index is 588. The van der Waals surface area contributed by atoms with Gasteiger partial charge in [0.1, 0.15) is 11.5 Å². The lowest BCUT2D eigenvalue weighted by molar-refractivity contribution is -0.126. The van der Waals surface area contributed by atoms with Crippen LogP contribution in [0.3, 0.4) is 0 Å². The Hall–Kier alpha value is -2.24. The van der Waals surface area contributed by atoms with Crippen LogP contribution in [0.5, 0.6) is 11.5 Å². The molecule has 24 heavy (non-hydrogen) atoms. The van der Waals surface area contributed by atoms with E-state index in [4.69, 9.17) is 9.47 Å². The second-order valence-corrected chi connectivity index (χ2v) is 5.94. The molecule has 1 aliphatic rings. The molecule has 1 unspecified atom stereocenters. The molecule has 0 aromatic heterocycles. The van der Waals surface area contributed by atoms with Crippen LogP contribution in [0, 0.1) is 5.92 Å². The molecule has 6 heteroatoms. The second kappa shape index (κ2) is 8.57. The van der Waals surface area contributed by atoms with E-state index in [1.165, 1.54) is 0 Å². The number of carbonyl (C=O) groups is 2. The van der Waals surface area contributed by atoms with Crippen LogP contribution in [0.2, 0.25) is 0 Å². The Morgan fingerprint density at radius 2 is 2.08 bits per heavy atom. The zero-order valence-corrected chi connectivity index (χ0v) is 14.6. The average molecular weight is 334 g/mol. The molecule has 1 saturated heterocycles. The summed E-state index contributed by atoms with van der Waals surface area (Å²) in [5.41, 5.74) is 0.642. The lowest BCUT2D eigenvalue weighted by Crippen LogP contribution is -2.33. The molecule has 2 rings (SSSR count). The van der Waals surface area contributed by atoms with Crippen molar-refractivity contribution in [2.45, 2.75) is 32.6 Å². The molecule has 1 aliphatic heterocycles. The summed E-state index contributed by atoms with van der Waals surface area (Å²) in [5, 5.41) is 2.93. The Morgan fingerprint density at radius 1 is 1.29 bits per heavy atom. The van der Waals surface area contributed by atoms with E-state index in [9.17, 15) is 9.59 Å². The molecule has 0 radical (unpaired) electrons. The molecular weight excluding hydrogens is 308 g/mol. The first-order valence-electron chi connectivity index (χ1n) is 8.40. The van der Waals surface area contributed by atoms with Crippen LogP contribution in [-0.4, -0.2) is 39.1 Å². The van der Waals surface area contributed by atoms with Crippen molar-refractivity contribution in [3.05, 3.63) is 18.2 Å². The first-order valence-corrected chi connectivity index (χ1v) is 8.40. The van der Waals surface area contributed by atoms with Gasteiger partial charge in [-0.3, -0.25) is 9.59 Å².